The van der Waals surface area contributed by atoms with Gasteiger partial charge in [0.2, 0.25) is 4.99 Å². The number of hydrogen-bond donors (Lipinski definition) is 1. The standard InChI is InChI=1S/C9H9N3S/c13-9(10-7-11-12-9)6-8-4-2-1-3-5-8/h1-5,7,13H,6H2. The molecule has 4 heteroatoms. The molecule has 0 radical (unpaired) electrons. The summed E-state index contributed by atoms with van der Waals surface area (Å²) in [7, 11) is 0. The predicted molar refractivity (Wildman–Crippen MR) is 55.2 cm³/mol. The highest BCUT2D eigenvalue weighted by atomic mass is 32.1. The van der Waals surface area contributed by atoms with Gasteiger partial charge >= 0.3 is 0 Å². The van der Waals surface area contributed by atoms with E-state index in [4.69, 9.17) is 0 Å². The lowest BCUT2D eigenvalue weighted by atomic mass is 10.1. The molecule has 0 N–H and O–H groups in total. The van der Waals surface area contributed by atoms with Crippen molar-refractivity contribution in [3.63, 3.8) is 0 Å². The first-order valence-electron chi connectivity index (χ1n) is 4.01. The van der Waals surface area contributed by atoms with Crippen LogP contribution < -0.4 is 0 Å². The van der Waals surface area contributed by atoms with Crippen LogP contribution in [-0.2, 0) is 6.42 Å². The fourth-order valence-electron chi connectivity index (χ4n) is 1.21. The second-order valence-corrected chi connectivity index (χ2v) is 3.61. The van der Waals surface area contributed by atoms with Crippen LogP contribution >= 0.6 is 12.6 Å². The smallest absolute Gasteiger partial charge is 0.220 e. The molecule has 0 aromatic heterocycles. The van der Waals surface area contributed by atoms with Gasteiger partial charge in [-0.2, -0.15) is 0 Å². The van der Waals surface area contributed by atoms with E-state index in [0.717, 1.165) is 5.56 Å². The van der Waals surface area contributed by atoms with Crippen LogP contribution in [0.5, 0.6) is 0 Å². The van der Waals surface area contributed by atoms with Gasteiger partial charge in [-0.05, 0) is 5.56 Å². The molecule has 0 amide bonds. The normalized spacial score (nSPS) is 25.3. The average Bonchev–Trinajstić information content (AvgIpc) is 2.54. The third-order valence-corrected chi connectivity index (χ3v) is 2.18. The molecule has 0 spiro atoms. The molecule has 1 heterocycles. The minimum Gasteiger partial charge on any atom is -0.230 e. The van der Waals surface area contributed by atoms with E-state index in [-0.39, 0.29) is 0 Å². The summed E-state index contributed by atoms with van der Waals surface area (Å²) in [5.74, 6) is 0. The van der Waals surface area contributed by atoms with Gasteiger partial charge in [0.25, 0.3) is 0 Å². The topological polar surface area (TPSA) is 37.1 Å². The van der Waals surface area contributed by atoms with Gasteiger partial charge in [-0.15, -0.1) is 22.9 Å². The summed E-state index contributed by atoms with van der Waals surface area (Å²) in [6, 6.07) is 10.0. The summed E-state index contributed by atoms with van der Waals surface area (Å²) in [5, 5.41) is 7.62. The molecule has 0 fully saturated rings. The molecule has 1 aromatic rings. The maximum atomic E-state index is 4.33. The Bertz CT molecular complexity index is 333. The number of thiol groups is 1. The molecule has 13 heavy (non-hydrogen) atoms. The molecular weight excluding hydrogens is 182 g/mol. The van der Waals surface area contributed by atoms with Crippen molar-refractivity contribution in [1.29, 1.82) is 0 Å². The highest BCUT2D eigenvalue weighted by Crippen LogP contribution is 2.26. The number of nitrogens with zero attached hydrogens (tertiary/aromatic N) is 3. The second-order valence-electron chi connectivity index (χ2n) is 2.90. The Kier molecular flexibility index (Phi) is 2.14. The van der Waals surface area contributed by atoms with Gasteiger partial charge in [0.1, 0.15) is 6.34 Å². The number of aliphatic imine (C=N–C) groups is 1. The number of hydrogen-bond acceptors (Lipinski definition) is 4. The molecule has 0 saturated heterocycles. The highest BCUT2D eigenvalue weighted by Gasteiger charge is 2.26. The van der Waals surface area contributed by atoms with Crippen molar-refractivity contribution in [3.8, 4) is 0 Å². The predicted octanol–water partition coefficient (Wildman–Crippen LogP) is 2.31. The van der Waals surface area contributed by atoms with Crippen molar-refractivity contribution < 1.29 is 0 Å². The van der Waals surface area contributed by atoms with Crippen molar-refractivity contribution in [3.05, 3.63) is 35.9 Å². The molecule has 1 atom stereocenters. The van der Waals surface area contributed by atoms with Gasteiger partial charge in [-0.3, -0.25) is 0 Å². The third-order valence-electron chi connectivity index (χ3n) is 1.82. The first-order chi connectivity index (χ1) is 6.29. The van der Waals surface area contributed by atoms with E-state index >= 15 is 0 Å². The lowest BCUT2D eigenvalue weighted by molar-refractivity contribution is 0.647. The highest BCUT2D eigenvalue weighted by molar-refractivity contribution is 7.81. The zero-order valence-corrected chi connectivity index (χ0v) is 7.85. The lowest BCUT2D eigenvalue weighted by Gasteiger charge is -2.13. The Hall–Kier alpha value is -1.16. The molecule has 0 aliphatic carbocycles. The zero-order valence-electron chi connectivity index (χ0n) is 6.96. The van der Waals surface area contributed by atoms with E-state index in [2.05, 4.69) is 27.8 Å². The molecule has 1 aliphatic heterocycles. The SMILES string of the molecule is SC1(Cc2ccccc2)N=CN=N1. The van der Waals surface area contributed by atoms with Crippen molar-refractivity contribution >= 4 is 19.0 Å². The molecular formula is C9H9N3S. The minimum absolute atomic E-state index is 0.678. The van der Waals surface area contributed by atoms with Gasteiger partial charge < -0.3 is 0 Å². The molecule has 0 bridgehead atoms. The van der Waals surface area contributed by atoms with Crippen molar-refractivity contribution in [2.75, 3.05) is 0 Å². The van der Waals surface area contributed by atoms with Crippen molar-refractivity contribution in [2.45, 2.75) is 11.4 Å². The first-order valence-corrected chi connectivity index (χ1v) is 4.45. The van der Waals surface area contributed by atoms with Gasteiger partial charge in [-0.1, -0.05) is 30.3 Å². The van der Waals surface area contributed by atoms with E-state index in [1.165, 1.54) is 6.34 Å². The Morgan fingerprint density at radius 2 is 2.00 bits per heavy atom. The summed E-state index contributed by atoms with van der Waals surface area (Å²) in [6.45, 7) is 0. The third kappa shape index (κ3) is 1.95. The zero-order chi connectivity index (χ0) is 9.15. The van der Waals surface area contributed by atoms with E-state index in [1.807, 2.05) is 30.3 Å². The molecule has 0 saturated carbocycles. The summed E-state index contributed by atoms with van der Waals surface area (Å²) in [4.78, 5) is 3.39. The summed E-state index contributed by atoms with van der Waals surface area (Å²) in [6.07, 6.45) is 2.12. The van der Waals surface area contributed by atoms with Gasteiger partial charge in [0, 0.05) is 6.42 Å². The van der Waals surface area contributed by atoms with E-state index in [9.17, 15) is 0 Å². The Morgan fingerprint density at radius 3 is 2.62 bits per heavy atom. The molecule has 1 aliphatic rings. The van der Waals surface area contributed by atoms with Crippen LogP contribution in [0.4, 0.5) is 0 Å². The van der Waals surface area contributed by atoms with E-state index in [0.29, 0.717) is 6.42 Å². The Morgan fingerprint density at radius 1 is 1.23 bits per heavy atom. The van der Waals surface area contributed by atoms with Gasteiger partial charge in [-0.25, -0.2) is 4.99 Å². The van der Waals surface area contributed by atoms with Gasteiger partial charge in [0.05, 0.1) is 0 Å². The first kappa shape index (κ1) is 8.44. The molecule has 66 valence electrons. The quantitative estimate of drug-likeness (QED) is 0.696. The second kappa shape index (κ2) is 3.30. The van der Waals surface area contributed by atoms with Crippen LogP contribution in [-0.4, -0.2) is 11.3 Å². The summed E-state index contributed by atoms with van der Waals surface area (Å²) >= 11 is 4.33. The largest absolute Gasteiger partial charge is 0.230 e. The fourth-order valence-corrected chi connectivity index (χ4v) is 1.50. The Balaban J connectivity index is 2.15. The van der Waals surface area contributed by atoms with Crippen LogP contribution in [0.3, 0.4) is 0 Å². The molecule has 1 aromatic carbocycles. The molecule has 2 rings (SSSR count). The number of azo groups is 1. The van der Waals surface area contributed by atoms with Crippen LogP contribution in [0, 0.1) is 0 Å². The fraction of sp³-hybridized carbons (Fsp3) is 0.222. The minimum atomic E-state index is -0.679. The average molecular weight is 191 g/mol. The van der Waals surface area contributed by atoms with E-state index in [1.54, 1.807) is 0 Å². The van der Waals surface area contributed by atoms with Crippen LogP contribution in [0.25, 0.3) is 0 Å². The number of benzene rings is 1. The summed E-state index contributed by atoms with van der Waals surface area (Å²) < 4.78 is 0. The monoisotopic (exact) mass is 191 g/mol. The number of rotatable bonds is 2. The van der Waals surface area contributed by atoms with Crippen LogP contribution in [0.2, 0.25) is 0 Å². The van der Waals surface area contributed by atoms with Crippen LogP contribution in [0.1, 0.15) is 5.56 Å². The van der Waals surface area contributed by atoms with Crippen LogP contribution in [0.15, 0.2) is 45.6 Å². The Labute approximate surface area is 82.0 Å². The summed E-state index contributed by atoms with van der Waals surface area (Å²) in [5.41, 5.74) is 1.16. The lowest BCUT2D eigenvalue weighted by Crippen LogP contribution is -2.15. The molecule has 1 unspecified atom stereocenters. The van der Waals surface area contributed by atoms with E-state index < -0.39 is 4.99 Å². The maximum Gasteiger partial charge on any atom is 0.220 e. The van der Waals surface area contributed by atoms with Crippen molar-refractivity contribution in [1.82, 2.24) is 0 Å². The maximum absolute atomic E-state index is 4.33. The molecule has 3 nitrogen and oxygen atoms in total. The van der Waals surface area contributed by atoms with Crippen molar-refractivity contribution in [2.24, 2.45) is 15.2 Å². The van der Waals surface area contributed by atoms with Gasteiger partial charge in [0.15, 0.2) is 0 Å².